The van der Waals surface area contributed by atoms with Crippen molar-refractivity contribution in [2.24, 2.45) is 0 Å². The van der Waals surface area contributed by atoms with Gasteiger partial charge in [0.25, 0.3) is 5.91 Å². The van der Waals surface area contributed by atoms with Crippen LogP contribution in [0.2, 0.25) is 0 Å². The van der Waals surface area contributed by atoms with Crippen molar-refractivity contribution in [2.45, 2.75) is 31.6 Å². The van der Waals surface area contributed by atoms with Crippen LogP contribution in [0.4, 0.5) is 0 Å². The van der Waals surface area contributed by atoms with Crippen molar-refractivity contribution in [3.8, 4) is 5.75 Å². The first-order chi connectivity index (χ1) is 12.7. The second-order valence-corrected chi connectivity index (χ2v) is 6.51. The molecule has 5 heteroatoms. The molecular formula is C21H26N2O3. The lowest BCUT2D eigenvalue weighted by Gasteiger charge is -2.34. The van der Waals surface area contributed by atoms with Gasteiger partial charge in [-0.15, -0.1) is 0 Å². The van der Waals surface area contributed by atoms with Gasteiger partial charge in [0, 0.05) is 19.2 Å². The first kappa shape index (κ1) is 18.4. The molecule has 2 N–H and O–H groups in total. The third kappa shape index (κ3) is 4.42. The number of benzene rings is 2. The number of nitrogens with one attached hydrogen (secondary N) is 2. The highest BCUT2D eigenvalue weighted by Crippen LogP contribution is 2.24. The van der Waals surface area contributed by atoms with E-state index in [0.29, 0.717) is 26.0 Å². The fraction of sp³-hybridized carbons (Fsp3) is 0.381. The van der Waals surface area contributed by atoms with Crippen molar-refractivity contribution in [2.75, 3.05) is 20.2 Å². The molecule has 1 fully saturated rings. The van der Waals surface area contributed by atoms with Crippen LogP contribution < -0.4 is 15.4 Å². The van der Waals surface area contributed by atoms with E-state index in [1.54, 1.807) is 7.11 Å². The molecule has 0 bridgehead atoms. The van der Waals surface area contributed by atoms with E-state index in [9.17, 15) is 4.79 Å². The molecule has 2 aromatic carbocycles. The quantitative estimate of drug-likeness (QED) is 0.803. The maximum Gasteiger partial charge on any atom is 0.252 e. The van der Waals surface area contributed by atoms with Crippen molar-refractivity contribution < 1.29 is 14.3 Å². The maximum atomic E-state index is 12.7. The average molecular weight is 354 g/mol. The van der Waals surface area contributed by atoms with E-state index in [0.717, 1.165) is 30.0 Å². The minimum absolute atomic E-state index is 0.0561. The van der Waals surface area contributed by atoms with E-state index >= 15 is 0 Å². The summed E-state index contributed by atoms with van der Waals surface area (Å²) < 4.78 is 11.5. The van der Waals surface area contributed by atoms with Crippen LogP contribution in [0.3, 0.4) is 0 Å². The minimum Gasteiger partial charge on any atom is -0.489 e. The average Bonchev–Trinajstić information content (AvgIpc) is 2.72. The van der Waals surface area contributed by atoms with Crippen molar-refractivity contribution >= 4 is 5.91 Å². The maximum absolute atomic E-state index is 12.7. The third-order valence-electron chi connectivity index (χ3n) is 4.86. The zero-order chi connectivity index (χ0) is 18.2. The summed E-state index contributed by atoms with van der Waals surface area (Å²) in [6.07, 6.45) is 1.36. The lowest BCUT2D eigenvalue weighted by Crippen LogP contribution is -2.53. The van der Waals surface area contributed by atoms with Gasteiger partial charge in [-0.1, -0.05) is 48.5 Å². The van der Waals surface area contributed by atoms with E-state index in [1.807, 2.05) is 54.6 Å². The fourth-order valence-electron chi connectivity index (χ4n) is 3.22. The number of amides is 1. The molecule has 5 nitrogen and oxygen atoms in total. The van der Waals surface area contributed by atoms with Gasteiger partial charge in [0.05, 0.1) is 0 Å². The molecule has 0 atom stereocenters. The largest absolute Gasteiger partial charge is 0.489 e. The Kier molecular flexibility index (Phi) is 6.26. The van der Waals surface area contributed by atoms with E-state index in [2.05, 4.69) is 10.6 Å². The molecule has 138 valence electrons. The number of methoxy groups -OCH3 is 1. The molecule has 2 aromatic rings. The Labute approximate surface area is 154 Å². The second-order valence-electron chi connectivity index (χ2n) is 6.51. The lowest BCUT2D eigenvalue weighted by molar-refractivity contribution is -0.146. The number of hydrogen-bond donors (Lipinski definition) is 2. The van der Waals surface area contributed by atoms with Crippen LogP contribution in [0, 0.1) is 0 Å². The molecule has 1 heterocycles. The predicted octanol–water partition coefficient (Wildman–Crippen LogP) is 2.65. The van der Waals surface area contributed by atoms with Crippen LogP contribution >= 0.6 is 0 Å². The molecule has 3 rings (SSSR count). The van der Waals surface area contributed by atoms with E-state index < -0.39 is 5.60 Å². The molecular weight excluding hydrogens is 328 g/mol. The van der Waals surface area contributed by atoms with Gasteiger partial charge in [-0.25, -0.2) is 0 Å². The van der Waals surface area contributed by atoms with Gasteiger partial charge < -0.3 is 20.1 Å². The summed E-state index contributed by atoms with van der Waals surface area (Å²) in [5, 5.41) is 6.29. The highest BCUT2D eigenvalue weighted by atomic mass is 16.5. The summed E-state index contributed by atoms with van der Waals surface area (Å²) in [6, 6.07) is 17.8. The Balaban J connectivity index is 1.62. The highest BCUT2D eigenvalue weighted by molar-refractivity contribution is 5.85. The minimum atomic E-state index is -0.731. The van der Waals surface area contributed by atoms with Gasteiger partial charge in [0.1, 0.15) is 18.0 Å². The highest BCUT2D eigenvalue weighted by Gasteiger charge is 2.39. The number of rotatable bonds is 7. The van der Waals surface area contributed by atoms with E-state index in [4.69, 9.17) is 9.47 Å². The molecule has 0 radical (unpaired) electrons. The smallest absolute Gasteiger partial charge is 0.252 e. The topological polar surface area (TPSA) is 59.6 Å². The molecule has 26 heavy (non-hydrogen) atoms. The Bertz CT molecular complexity index is 712. The van der Waals surface area contributed by atoms with Crippen molar-refractivity contribution in [3.05, 3.63) is 65.7 Å². The number of ether oxygens (including phenoxy) is 2. The molecule has 0 aromatic heterocycles. The summed E-state index contributed by atoms with van der Waals surface area (Å²) in [4.78, 5) is 12.7. The Morgan fingerprint density at radius 2 is 1.77 bits per heavy atom. The van der Waals surface area contributed by atoms with Crippen LogP contribution in [-0.2, 0) is 22.7 Å². The van der Waals surface area contributed by atoms with Crippen molar-refractivity contribution in [3.63, 3.8) is 0 Å². The summed E-state index contributed by atoms with van der Waals surface area (Å²) >= 11 is 0. The second kappa shape index (κ2) is 8.83. The van der Waals surface area contributed by atoms with Crippen molar-refractivity contribution in [1.29, 1.82) is 0 Å². The first-order valence-corrected chi connectivity index (χ1v) is 9.02. The van der Waals surface area contributed by atoms with Gasteiger partial charge in [-0.05, 0) is 37.6 Å². The molecule has 1 aliphatic rings. The molecule has 1 aliphatic heterocycles. The standard InChI is InChI=1S/C21H26N2O3/c1-25-21(11-13-22-14-12-21)20(24)23-15-18-9-5-6-10-19(18)26-16-17-7-3-2-4-8-17/h2-10,22H,11-16H2,1H3,(H,23,24). The number of piperidine rings is 1. The summed E-state index contributed by atoms with van der Waals surface area (Å²) in [5.41, 5.74) is 1.34. The SMILES string of the molecule is COC1(C(=O)NCc2ccccc2OCc2ccccc2)CCNCC1. The van der Waals surface area contributed by atoms with Crippen LogP contribution in [0.15, 0.2) is 54.6 Å². The van der Waals surface area contributed by atoms with Gasteiger partial charge in [-0.3, -0.25) is 4.79 Å². The number of para-hydroxylation sites is 1. The van der Waals surface area contributed by atoms with Crippen LogP contribution in [0.1, 0.15) is 24.0 Å². The zero-order valence-electron chi connectivity index (χ0n) is 15.2. The zero-order valence-corrected chi connectivity index (χ0v) is 15.2. The number of carbonyl (C=O) groups is 1. The van der Waals surface area contributed by atoms with Crippen LogP contribution in [0.5, 0.6) is 5.75 Å². The Hall–Kier alpha value is -2.37. The summed E-state index contributed by atoms with van der Waals surface area (Å²) in [7, 11) is 1.61. The monoisotopic (exact) mass is 354 g/mol. The molecule has 1 amide bonds. The van der Waals surface area contributed by atoms with Gasteiger partial charge in [-0.2, -0.15) is 0 Å². The van der Waals surface area contributed by atoms with Gasteiger partial charge >= 0.3 is 0 Å². The Morgan fingerprint density at radius 3 is 2.50 bits per heavy atom. The molecule has 0 aliphatic carbocycles. The molecule has 0 spiro atoms. The summed E-state index contributed by atoms with van der Waals surface area (Å²) in [5.74, 6) is 0.729. The predicted molar refractivity (Wildman–Crippen MR) is 101 cm³/mol. The molecule has 1 saturated heterocycles. The summed E-state index contributed by atoms with van der Waals surface area (Å²) in [6.45, 7) is 2.50. The van der Waals surface area contributed by atoms with Gasteiger partial charge in [0.15, 0.2) is 0 Å². The number of hydrogen-bond acceptors (Lipinski definition) is 4. The third-order valence-corrected chi connectivity index (χ3v) is 4.86. The van der Waals surface area contributed by atoms with Crippen LogP contribution in [0.25, 0.3) is 0 Å². The fourth-order valence-corrected chi connectivity index (χ4v) is 3.22. The molecule has 0 saturated carbocycles. The van der Waals surface area contributed by atoms with Crippen LogP contribution in [-0.4, -0.2) is 31.7 Å². The van der Waals surface area contributed by atoms with E-state index in [-0.39, 0.29) is 5.91 Å². The first-order valence-electron chi connectivity index (χ1n) is 9.02. The molecule has 0 unspecified atom stereocenters. The normalized spacial score (nSPS) is 16.0. The van der Waals surface area contributed by atoms with Crippen molar-refractivity contribution in [1.82, 2.24) is 10.6 Å². The lowest BCUT2D eigenvalue weighted by atomic mass is 9.91. The van der Waals surface area contributed by atoms with Gasteiger partial charge in [0.2, 0.25) is 0 Å². The number of carbonyl (C=O) groups excluding carboxylic acids is 1. The Morgan fingerprint density at radius 1 is 1.08 bits per heavy atom. The van der Waals surface area contributed by atoms with E-state index in [1.165, 1.54) is 0 Å².